The molecular formula is C23H33NO5. The Morgan fingerprint density at radius 1 is 1.14 bits per heavy atom. The Balaban J connectivity index is 1.57. The smallest absolute Gasteiger partial charge is 0.344 e. The Labute approximate surface area is 172 Å². The summed E-state index contributed by atoms with van der Waals surface area (Å²) in [6.07, 6.45) is 9.50. The van der Waals surface area contributed by atoms with Gasteiger partial charge in [-0.1, -0.05) is 24.6 Å². The van der Waals surface area contributed by atoms with Crippen molar-refractivity contribution < 1.29 is 24.6 Å². The van der Waals surface area contributed by atoms with Crippen molar-refractivity contribution in [1.29, 1.82) is 0 Å². The molecule has 0 aliphatic heterocycles. The van der Waals surface area contributed by atoms with Crippen LogP contribution in [0.1, 0.15) is 72.1 Å². The molecule has 6 nitrogen and oxygen atoms in total. The van der Waals surface area contributed by atoms with Crippen LogP contribution in [0, 0.1) is 28.6 Å². The van der Waals surface area contributed by atoms with Crippen LogP contribution in [0.3, 0.4) is 0 Å². The molecule has 0 spiro atoms. The monoisotopic (exact) mass is 403 g/mol. The number of hydrogen-bond donors (Lipinski definition) is 2. The van der Waals surface area contributed by atoms with Crippen molar-refractivity contribution in [2.75, 3.05) is 6.61 Å². The number of ketones is 1. The first-order chi connectivity index (χ1) is 13.6. The van der Waals surface area contributed by atoms with Crippen molar-refractivity contribution in [3.05, 3.63) is 11.6 Å². The van der Waals surface area contributed by atoms with Crippen molar-refractivity contribution in [2.24, 2.45) is 33.7 Å². The molecule has 5 unspecified atom stereocenters. The third-order valence-electron chi connectivity index (χ3n) is 9.08. The highest BCUT2D eigenvalue weighted by Crippen LogP contribution is 2.67. The number of oxime groups is 1. The summed E-state index contributed by atoms with van der Waals surface area (Å²) in [4.78, 5) is 27.9. The zero-order chi connectivity index (χ0) is 21.0. The van der Waals surface area contributed by atoms with Gasteiger partial charge in [-0.3, -0.25) is 4.79 Å². The van der Waals surface area contributed by atoms with Gasteiger partial charge in [0.1, 0.15) is 5.60 Å². The summed E-state index contributed by atoms with van der Waals surface area (Å²) in [6, 6.07) is 0. The van der Waals surface area contributed by atoms with Gasteiger partial charge >= 0.3 is 5.97 Å². The molecule has 6 heteroatoms. The minimum Gasteiger partial charge on any atom is -0.479 e. The van der Waals surface area contributed by atoms with Crippen LogP contribution in [-0.4, -0.2) is 39.9 Å². The second kappa shape index (κ2) is 6.93. The van der Waals surface area contributed by atoms with Gasteiger partial charge in [0.2, 0.25) is 6.61 Å². The van der Waals surface area contributed by atoms with E-state index in [1.165, 1.54) is 5.57 Å². The molecule has 3 fully saturated rings. The summed E-state index contributed by atoms with van der Waals surface area (Å²) < 4.78 is 0. The number of rotatable bonds is 4. The van der Waals surface area contributed by atoms with Crippen LogP contribution in [0.2, 0.25) is 0 Å². The molecule has 0 aromatic heterocycles. The van der Waals surface area contributed by atoms with Gasteiger partial charge in [0, 0.05) is 5.41 Å². The number of allylic oxidation sites excluding steroid dienone is 2. The van der Waals surface area contributed by atoms with Gasteiger partial charge in [0.05, 0.1) is 5.71 Å². The number of aliphatic hydroxyl groups is 1. The number of carbonyl (C=O) groups excluding carboxylic acids is 1. The van der Waals surface area contributed by atoms with Crippen LogP contribution in [0.15, 0.2) is 16.8 Å². The molecule has 0 radical (unpaired) electrons. The van der Waals surface area contributed by atoms with E-state index in [1.54, 1.807) is 6.92 Å². The van der Waals surface area contributed by atoms with Gasteiger partial charge in [-0.2, -0.15) is 0 Å². The van der Waals surface area contributed by atoms with Crippen molar-refractivity contribution in [2.45, 2.75) is 77.7 Å². The fourth-order valence-corrected chi connectivity index (χ4v) is 7.41. The quantitative estimate of drug-likeness (QED) is 0.697. The molecule has 0 heterocycles. The van der Waals surface area contributed by atoms with Gasteiger partial charge in [0.25, 0.3) is 0 Å². The van der Waals surface area contributed by atoms with E-state index in [4.69, 9.17) is 9.94 Å². The number of carbonyl (C=O) groups is 2. The van der Waals surface area contributed by atoms with Crippen LogP contribution >= 0.6 is 0 Å². The molecule has 2 N–H and O–H groups in total. The Bertz CT molecular complexity index is 788. The van der Waals surface area contributed by atoms with Crippen LogP contribution in [0.25, 0.3) is 0 Å². The molecule has 6 atom stereocenters. The highest BCUT2D eigenvalue weighted by atomic mass is 16.6. The fourth-order valence-electron chi connectivity index (χ4n) is 7.41. The van der Waals surface area contributed by atoms with E-state index in [-0.39, 0.29) is 16.6 Å². The molecule has 3 saturated carbocycles. The zero-order valence-electron chi connectivity index (χ0n) is 17.7. The lowest BCUT2D eigenvalue weighted by Crippen LogP contribution is -2.57. The van der Waals surface area contributed by atoms with Gasteiger partial charge < -0.3 is 15.1 Å². The minimum atomic E-state index is -1.16. The normalized spacial score (nSPS) is 45.0. The lowest BCUT2D eigenvalue weighted by Gasteiger charge is -2.59. The summed E-state index contributed by atoms with van der Waals surface area (Å²) in [6.45, 7) is 5.67. The first-order valence-electron chi connectivity index (χ1n) is 11.0. The van der Waals surface area contributed by atoms with Crippen LogP contribution < -0.4 is 0 Å². The molecule has 160 valence electrons. The second-order valence-corrected chi connectivity index (χ2v) is 10.2. The number of fused-ring (bicyclic) bond motifs is 5. The standard InChI is InChI=1S/C23H33NO5/c1-14(25)23(28)11-8-19-17-5-4-15-12-16(24-29-13-20(26)27)6-9-21(15,2)18(17)7-10-22(19,23)3/h12,17-19,28H,4-11,13H2,1-3H3,(H,26,27)/b24-16-/t17?,18?,19?,21?,22?,23-/m0/s1. The van der Waals surface area contributed by atoms with Crippen LogP contribution in [0.4, 0.5) is 0 Å². The predicted molar refractivity (Wildman–Crippen MR) is 108 cm³/mol. The van der Waals surface area contributed by atoms with Crippen LogP contribution in [0.5, 0.6) is 0 Å². The maximum absolute atomic E-state index is 12.3. The van der Waals surface area contributed by atoms with Crippen molar-refractivity contribution in [1.82, 2.24) is 0 Å². The van der Waals surface area contributed by atoms with Crippen LogP contribution in [-0.2, 0) is 14.4 Å². The van der Waals surface area contributed by atoms with Gasteiger partial charge in [-0.05, 0) is 87.5 Å². The average molecular weight is 404 g/mol. The number of carboxylic acid groups (broad SMARTS) is 1. The topological polar surface area (TPSA) is 96.2 Å². The Morgan fingerprint density at radius 2 is 1.86 bits per heavy atom. The van der Waals surface area contributed by atoms with Crippen molar-refractivity contribution >= 4 is 17.5 Å². The highest BCUT2D eigenvalue weighted by molar-refractivity contribution is 5.96. The van der Waals surface area contributed by atoms with E-state index in [2.05, 4.69) is 25.1 Å². The van der Waals surface area contributed by atoms with Crippen molar-refractivity contribution in [3.63, 3.8) is 0 Å². The van der Waals surface area contributed by atoms with Gasteiger partial charge in [-0.15, -0.1) is 0 Å². The number of Topliss-reactive ketones (excluding diaryl/α,β-unsaturated/α-hetero) is 1. The molecule has 0 bridgehead atoms. The molecule has 0 aromatic carbocycles. The van der Waals surface area contributed by atoms with E-state index in [0.29, 0.717) is 24.2 Å². The summed E-state index contributed by atoms with van der Waals surface area (Å²) in [5.41, 5.74) is 0.903. The lowest BCUT2D eigenvalue weighted by atomic mass is 9.46. The van der Waals surface area contributed by atoms with E-state index >= 15 is 0 Å². The minimum absolute atomic E-state index is 0.0663. The number of carboxylic acids is 1. The van der Waals surface area contributed by atoms with Crippen molar-refractivity contribution in [3.8, 4) is 0 Å². The maximum Gasteiger partial charge on any atom is 0.344 e. The molecule has 4 aliphatic rings. The van der Waals surface area contributed by atoms with E-state index < -0.39 is 18.2 Å². The number of hydrogen-bond acceptors (Lipinski definition) is 5. The maximum atomic E-state index is 12.3. The first kappa shape index (κ1) is 20.6. The number of aliphatic carboxylic acids is 1. The molecule has 4 rings (SSSR count). The Kier molecular flexibility index (Phi) is 4.92. The van der Waals surface area contributed by atoms with E-state index in [0.717, 1.165) is 50.7 Å². The average Bonchev–Trinajstić information content (AvgIpc) is 2.94. The molecular weight excluding hydrogens is 370 g/mol. The van der Waals surface area contributed by atoms with Gasteiger partial charge in [-0.25, -0.2) is 4.79 Å². The zero-order valence-corrected chi connectivity index (χ0v) is 17.7. The summed E-state index contributed by atoms with van der Waals surface area (Å²) >= 11 is 0. The Morgan fingerprint density at radius 3 is 2.55 bits per heavy atom. The van der Waals surface area contributed by atoms with Gasteiger partial charge in [0.15, 0.2) is 5.78 Å². The third-order valence-corrected chi connectivity index (χ3v) is 9.08. The third kappa shape index (κ3) is 2.97. The van der Waals surface area contributed by atoms with E-state index in [1.807, 2.05) is 0 Å². The molecule has 0 saturated heterocycles. The Hall–Kier alpha value is -1.69. The lowest BCUT2D eigenvalue weighted by molar-refractivity contribution is -0.159. The molecule has 0 aromatic rings. The molecule has 4 aliphatic carbocycles. The van der Waals surface area contributed by atoms with E-state index in [9.17, 15) is 14.7 Å². The number of nitrogens with zero attached hydrogens (tertiary/aromatic N) is 1. The first-order valence-corrected chi connectivity index (χ1v) is 11.0. The summed E-state index contributed by atoms with van der Waals surface area (Å²) in [5, 5.41) is 24.0. The summed E-state index contributed by atoms with van der Waals surface area (Å²) in [5.74, 6) is 0.434. The predicted octanol–water partition coefficient (Wildman–Crippen LogP) is 3.73. The second-order valence-electron chi connectivity index (χ2n) is 10.2. The SMILES string of the molecule is CC(=O)[C@@]1(O)CCC2C3CCC4=C/C(=N\OCC(=O)O)CCC4(C)C3CCC21C. The summed E-state index contributed by atoms with van der Waals surface area (Å²) in [7, 11) is 0. The molecule has 29 heavy (non-hydrogen) atoms. The molecule has 0 amide bonds. The largest absolute Gasteiger partial charge is 0.479 e. The highest BCUT2D eigenvalue weighted by Gasteiger charge is 2.65. The fraction of sp³-hybridized carbons (Fsp3) is 0.783.